The highest BCUT2D eigenvalue weighted by Crippen LogP contribution is 2.43. The number of carbonyl (C=O) groups excluding carboxylic acids is 2. The molecule has 3 heterocycles. The van der Waals surface area contributed by atoms with Crippen LogP contribution in [0.5, 0.6) is 0 Å². The minimum absolute atomic E-state index is 0.115. The monoisotopic (exact) mass is 417 g/mol. The minimum Gasteiger partial charge on any atom is -0.337 e. The van der Waals surface area contributed by atoms with Crippen LogP contribution in [0.4, 0.5) is 0 Å². The Bertz CT molecular complexity index is 1100. The van der Waals surface area contributed by atoms with E-state index in [0.29, 0.717) is 18.5 Å². The first-order valence-corrected chi connectivity index (χ1v) is 11.5. The van der Waals surface area contributed by atoms with Crippen molar-refractivity contribution in [2.45, 2.75) is 58.2 Å². The predicted molar refractivity (Wildman–Crippen MR) is 124 cm³/mol. The number of hydrogen-bond acceptors (Lipinski definition) is 3. The lowest BCUT2D eigenvalue weighted by Crippen LogP contribution is -2.59. The van der Waals surface area contributed by atoms with Gasteiger partial charge in [-0.2, -0.15) is 0 Å². The van der Waals surface area contributed by atoms with E-state index in [4.69, 9.17) is 0 Å². The quantitative estimate of drug-likeness (QED) is 0.703. The molecule has 4 atom stereocenters. The van der Waals surface area contributed by atoms with Gasteiger partial charge in [0, 0.05) is 49.2 Å². The summed E-state index contributed by atoms with van der Waals surface area (Å²) >= 11 is 0. The molecule has 0 N–H and O–H groups in total. The van der Waals surface area contributed by atoms with E-state index in [2.05, 4.69) is 42.4 Å². The van der Waals surface area contributed by atoms with Crippen molar-refractivity contribution in [2.24, 2.45) is 5.92 Å². The van der Waals surface area contributed by atoms with Gasteiger partial charge in [0.05, 0.1) is 11.4 Å². The third-order valence-electron chi connectivity index (χ3n) is 7.38. The number of rotatable bonds is 4. The highest BCUT2D eigenvalue weighted by molar-refractivity contribution is 6.03. The predicted octanol–water partition coefficient (Wildman–Crippen LogP) is 4.13. The smallest absolute Gasteiger partial charge is 0.231 e. The van der Waals surface area contributed by atoms with Gasteiger partial charge in [-0.3, -0.25) is 19.1 Å². The number of likely N-dealkylation sites (tertiary alicyclic amines) is 1. The van der Waals surface area contributed by atoms with Crippen molar-refractivity contribution in [3.8, 4) is 0 Å². The molecule has 0 spiro atoms. The van der Waals surface area contributed by atoms with E-state index in [0.717, 1.165) is 31.4 Å². The summed E-state index contributed by atoms with van der Waals surface area (Å²) in [5.41, 5.74) is 4.60. The summed E-state index contributed by atoms with van der Waals surface area (Å²) in [4.78, 5) is 30.4. The molecule has 1 fully saturated rings. The van der Waals surface area contributed by atoms with Crippen LogP contribution in [0.15, 0.2) is 43.1 Å². The summed E-state index contributed by atoms with van der Waals surface area (Å²) in [6.45, 7) is 11.6. The molecule has 0 bridgehead atoms. The molecule has 31 heavy (non-hydrogen) atoms. The maximum absolute atomic E-state index is 13.4. The number of nitrogens with zero attached hydrogens (tertiary/aromatic N) is 3. The highest BCUT2D eigenvalue weighted by Gasteiger charge is 2.42. The van der Waals surface area contributed by atoms with E-state index in [-0.39, 0.29) is 23.8 Å². The first kappa shape index (κ1) is 20.3. The molecule has 3 aliphatic rings. The molecule has 5 heteroatoms. The minimum atomic E-state index is -0.146. The number of fused-ring (bicyclic) bond motifs is 2. The molecule has 0 saturated carbocycles. The summed E-state index contributed by atoms with van der Waals surface area (Å²) in [6, 6.07) is 7.07. The van der Waals surface area contributed by atoms with E-state index >= 15 is 0 Å². The van der Waals surface area contributed by atoms with Crippen molar-refractivity contribution >= 4 is 28.3 Å². The van der Waals surface area contributed by atoms with Crippen molar-refractivity contribution in [3.05, 3.63) is 54.3 Å². The van der Waals surface area contributed by atoms with Gasteiger partial charge < -0.3 is 4.90 Å². The summed E-state index contributed by atoms with van der Waals surface area (Å²) in [5.74, 6) is 0.208. The van der Waals surface area contributed by atoms with E-state index in [1.165, 1.54) is 22.1 Å². The lowest BCUT2D eigenvalue weighted by Gasteiger charge is -2.48. The zero-order chi connectivity index (χ0) is 21.9. The second kappa shape index (κ2) is 7.49. The maximum Gasteiger partial charge on any atom is 0.231 e. The van der Waals surface area contributed by atoms with E-state index in [9.17, 15) is 9.59 Å². The van der Waals surface area contributed by atoms with Crippen LogP contribution in [0.25, 0.3) is 16.5 Å². The van der Waals surface area contributed by atoms with Gasteiger partial charge in [0.2, 0.25) is 11.8 Å². The molecule has 1 saturated heterocycles. The molecule has 5 nitrogen and oxygen atoms in total. The highest BCUT2D eigenvalue weighted by atomic mass is 16.2. The van der Waals surface area contributed by atoms with Crippen molar-refractivity contribution in [1.29, 1.82) is 0 Å². The molecular formula is C26H31N3O2. The molecule has 5 rings (SSSR count). The van der Waals surface area contributed by atoms with Gasteiger partial charge in [0.15, 0.2) is 0 Å². The van der Waals surface area contributed by atoms with E-state index < -0.39 is 0 Å². The molecule has 2 aromatic rings. The zero-order valence-electron chi connectivity index (χ0n) is 18.7. The van der Waals surface area contributed by atoms with Gasteiger partial charge in [0.25, 0.3) is 0 Å². The van der Waals surface area contributed by atoms with Crippen LogP contribution < -0.4 is 0 Å². The van der Waals surface area contributed by atoms with Crippen LogP contribution in [-0.4, -0.2) is 57.4 Å². The third-order valence-corrected chi connectivity index (χ3v) is 7.38. The Kier molecular flexibility index (Phi) is 4.89. The third kappa shape index (κ3) is 3.01. The SMILES string of the molecule is C=CCN1C[C@H](C(=O)N2[C@H](C)C[C@H]2C)C=C2c3cccc4c3c(cn4C(=O)CC)CC21. The molecule has 162 valence electrons. The van der Waals surface area contributed by atoms with Crippen LogP contribution in [0.1, 0.15) is 49.5 Å². The van der Waals surface area contributed by atoms with Crippen molar-refractivity contribution in [3.63, 3.8) is 0 Å². The van der Waals surface area contributed by atoms with Crippen molar-refractivity contribution < 1.29 is 9.59 Å². The number of hydrogen-bond donors (Lipinski definition) is 0. The maximum atomic E-state index is 13.4. The van der Waals surface area contributed by atoms with Gasteiger partial charge in [0.1, 0.15) is 0 Å². The van der Waals surface area contributed by atoms with Gasteiger partial charge in [-0.05, 0) is 49.5 Å². The Morgan fingerprint density at radius 2 is 2.00 bits per heavy atom. The molecule has 1 aliphatic carbocycles. The number of amides is 1. The van der Waals surface area contributed by atoms with Crippen molar-refractivity contribution in [1.82, 2.24) is 14.4 Å². The van der Waals surface area contributed by atoms with Crippen LogP contribution in [0, 0.1) is 5.92 Å². The van der Waals surface area contributed by atoms with Gasteiger partial charge >= 0.3 is 0 Å². The normalized spacial score (nSPS) is 27.5. The van der Waals surface area contributed by atoms with Crippen LogP contribution in [0.3, 0.4) is 0 Å². The van der Waals surface area contributed by atoms with E-state index in [1.54, 1.807) is 0 Å². The fourth-order valence-corrected chi connectivity index (χ4v) is 5.97. The standard InChI is InChI=1S/C26H31N3O2/c1-5-10-27-14-19(26(31)29-16(3)11-17(29)4)12-21-20-8-7-9-22-25(20)18(13-23(21)27)15-28(22)24(30)6-2/h5,7-9,12,15-17,19,23H,1,6,10-11,13-14H2,2-4H3/t16-,17-,19-,23?/m1/s1. The summed E-state index contributed by atoms with van der Waals surface area (Å²) in [5, 5.41) is 1.17. The van der Waals surface area contributed by atoms with Crippen molar-refractivity contribution in [2.75, 3.05) is 13.1 Å². The lowest BCUT2D eigenvalue weighted by atomic mass is 9.79. The van der Waals surface area contributed by atoms with E-state index in [1.807, 2.05) is 35.9 Å². The molecular weight excluding hydrogens is 386 g/mol. The molecule has 1 aromatic carbocycles. The summed E-state index contributed by atoms with van der Waals surface area (Å²) < 4.78 is 1.82. The topological polar surface area (TPSA) is 45.6 Å². The second-order valence-corrected chi connectivity index (χ2v) is 9.34. The Morgan fingerprint density at radius 3 is 2.68 bits per heavy atom. The van der Waals surface area contributed by atoms with Gasteiger partial charge in [-0.25, -0.2) is 0 Å². The van der Waals surface area contributed by atoms with Crippen LogP contribution in [-0.2, 0) is 11.2 Å². The Balaban J connectivity index is 1.62. The number of carbonyl (C=O) groups is 2. The van der Waals surface area contributed by atoms with Gasteiger partial charge in [-0.1, -0.05) is 31.2 Å². The first-order chi connectivity index (χ1) is 14.9. The Hall–Kier alpha value is -2.66. The van der Waals surface area contributed by atoms with Crippen LogP contribution >= 0.6 is 0 Å². The molecule has 0 radical (unpaired) electrons. The Labute approximate surface area is 184 Å². The largest absolute Gasteiger partial charge is 0.337 e. The molecule has 1 amide bonds. The zero-order valence-corrected chi connectivity index (χ0v) is 18.7. The fourth-order valence-electron chi connectivity index (χ4n) is 5.97. The fraction of sp³-hybridized carbons (Fsp3) is 0.462. The summed E-state index contributed by atoms with van der Waals surface area (Å²) in [7, 11) is 0. The number of aromatic nitrogens is 1. The lowest BCUT2D eigenvalue weighted by molar-refractivity contribution is -0.146. The molecule has 1 unspecified atom stereocenters. The molecule has 2 aliphatic heterocycles. The average molecular weight is 418 g/mol. The summed E-state index contributed by atoms with van der Waals surface area (Å²) in [6.07, 6.45) is 8.60. The second-order valence-electron chi connectivity index (χ2n) is 9.34. The average Bonchev–Trinajstić information content (AvgIpc) is 3.13. The Morgan fingerprint density at radius 1 is 1.23 bits per heavy atom. The van der Waals surface area contributed by atoms with Gasteiger partial charge in [-0.15, -0.1) is 6.58 Å². The first-order valence-electron chi connectivity index (χ1n) is 11.5. The molecule has 1 aromatic heterocycles. The number of benzene rings is 1. The van der Waals surface area contributed by atoms with Crippen LogP contribution in [0.2, 0.25) is 0 Å².